The van der Waals surface area contributed by atoms with E-state index in [0.29, 0.717) is 0 Å². The lowest BCUT2D eigenvalue weighted by Crippen LogP contribution is -2.44. The van der Waals surface area contributed by atoms with E-state index in [1.54, 1.807) is 12.3 Å². The zero-order valence-corrected chi connectivity index (χ0v) is 8.35. The maximum atomic E-state index is 9.30. The molecule has 0 aliphatic carbocycles. The van der Waals surface area contributed by atoms with Crippen LogP contribution < -0.4 is 4.90 Å². The third-order valence-corrected chi connectivity index (χ3v) is 2.58. The van der Waals surface area contributed by atoms with Gasteiger partial charge in [0.15, 0.2) is 0 Å². The molecule has 0 spiro atoms. The summed E-state index contributed by atoms with van der Waals surface area (Å²) in [6, 6.07) is 1.76. The fraction of sp³-hybridized carbons (Fsp3) is 0.500. The fourth-order valence-corrected chi connectivity index (χ4v) is 1.65. The van der Waals surface area contributed by atoms with Crippen LogP contribution >= 0.6 is 0 Å². The van der Waals surface area contributed by atoms with Gasteiger partial charge in [-0.2, -0.15) is 0 Å². The summed E-state index contributed by atoms with van der Waals surface area (Å²) in [5.41, 5.74) is 1.01. The molecular formula is C10H15N3O. The molecule has 0 aromatic carbocycles. The first-order valence-corrected chi connectivity index (χ1v) is 4.83. The monoisotopic (exact) mass is 193 g/mol. The van der Waals surface area contributed by atoms with Gasteiger partial charge in [0.05, 0.1) is 18.1 Å². The molecule has 0 saturated carbocycles. The fourth-order valence-electron chi connectivity index (χ4n) is 1.65. The Balaban J connectivity index is 2.08. The minimum Gasteiger partial charge on any atom is -0.506 e. The van der Waals surface area contributed by atoms with Crippen LogP contribution in [-0.2, 0) is 0 Å². The van der Waals surface area contributed by atoms with E-state index in [4.69, 9.17) is 0 Å². The van der Waals surface area contributed by atoms with Gasteiger partial charge in [0.1, 0.15) is 5.75 Å². The van der Waals surface area contributed by atoms with Crippen molar-refractivity contribution >= 4 is 5.69 Å². The average Bonchev–Trinajstić information content (AvgIpc) is 2.19. The van der Waals surface area contributed by atoms with Gasteiger partial charge in [-0.25, -0.2) is 0 Å². The Bertz CT molecular complexity index is 308. The van der Waals surface area contributed by atoms with E-state index in [9.17, 15) is 5.11 Å². The quantitative estimate of drug-likeness (QED) is 0.706. The maximum Gasteiger partial charge on any atom is 0.135 e. The number of hydrogen-bond donors (Lipinski definition) is 1. The molecule has 1 fully saturated rings. The number of aromatic nitrogens is 1. The number of likely N-dealkylation sites (N-methyl/N-ethyl adjacent to an activating group) is 1. The highest BCUT2D eigenvalue weighted by atomic mass is 16.3. The Hall–Kier alpha value is -1.29. The summed E-state index contributed by atoms with van der Waals surface area (Å²) in [7, 11) is 2.12. The molecule has 1 aliphatic heterocycles. The second kappa shape index (κ2) is 3.84. The smallest absolute Gasteiger partial charge is 0.135 e. The topological polar surface area (TPSA) is 39.6 Å². The van der Waals surface area contributed by atoms with Crippen LogP contribution in [0.2, 0.25) is 0 Å². The Morgan fingerprint density at radius 3 is 2.57 bits per heavy atom. The van der Waals surface area contributed by atoms with E-state index in [2.05, 4.69) is 21.8 Å². The molecule has 2 rings (SSSR count). The summed E-state index contributed by atoms with van der Waals surface area (Å²) in [5, 5.41) is 9.30. The number of rotatable bonds is 1. The van der Waals surface area contributed by atoms with Crippen LogP contribution in [0.25, 0.3) is 0 Å². The van der Waals surface area contributed by atoms with Crippen molar-refractivity contribution < 1.29 is 5.11 Å². The van der Waals surface area contributed by atoms with Crippen molar-refractivity contribution in [2.45, 2.75) is 0 Å². The van der Waals surface area contributed by atoms with Crippen LogP contribution in [0.5, 0.6) is 5.75 Å². The lowest BCUT2D eigenvalue weighted by molar-refractivity contribution is 0.312. The lowest BCUT2D eigenvalue weighted by Gasteiger charge is -2.33. The first-order valence-electron chi connectivity index (χ1n) is 4.83. The van der Waals surface area contributed by atoms with E-state index < -0.39 is 0 Å². The van der Waals surface area contributed by atoms with Gasteiger partial charge in [-0.15, -0.1) is 0 Å². The van der Waals surface area contributed by atoms with E-state index >= 15 is 0 Å². The van der Waals surface area contributed by atoms with Gasteiger partial charge in [0, 0.05) is 32.2 Å². The predicted octanol–water partition coefficient (Wildman–Crippen LogP) is 0.539. The summed E-state index contributed by atoms with van der Waals surface area (Å²) >= 11 is 0. The van der Waals surface area contributed by atoms with Gasteiger partial charge in [0.25, 0.3) is 0 Å². The number of aromatic hydroxyl groups is 1. The van der Waals surface area contributed by atoms with Crippen molar-refractivity contribution in [2.24, 2.45) is 0 Å². The summed E-state index contributed by atoms with van der Waals surface area (Å²) < 4.78 is 0. The Morgan fingerprint density at radius 2 is 1.93 bits per heavy atom. The molecule has 4 nitrogen and oxygen atoms in total. The molecule has 14 heavy (non-hydrogen) atoms. The van der Waals surface area contributed by atoms with Crippen LogP contribution in [0.3, 0.4) is 0 Å². The normalized spacial score (nSPS) is 18.5. The third-order valence-electron chi connectivity index (χ3n) is 2.58. The predicted molar refractivity (Wildman–Crippen MR) is 55.6 cm³/mol. The summed E-state index contributed by atoms with van der Waals surface area (Å²) in [5.74, 6) is 0.237. The molecule has 1 saturated heterocycles. The minimum atomic E-state index is 0.237. The molecular weight excluding hydrogens is 178 g/mol. The van der Waals surface area contributed by atoms with Crippen molar-refractivity contribution in [2.75, 3.05) is 38.1 Å². The molecule has 0 radical (unpaired) electrons. The minimum absolute atomic E-state index is 0.237. The lowest BCUT2D eigenvalue weighted by atomic mass is 10.3. The van der Waals surface area contributed by atoms with Crippen LogP contribution in [-0.4, -0.2) is 48.2 Å². The van der Waals surface area contributed by atoms with Crippen molar-refractivity contribution in [1.29, 1.82) is 0 Å². The highest BCUT2D eigenvalue weighted by Gasteiger charge is 2.14. The summed E-state index contributed by atoms with van der Waals surface area (Å²) in [4.78, 5) is 8.51. The maximum absolute atomic E-state index is 9.30. The van der Waals surface area contributed by atoms with Crippen LogP contribution in [0.1, 0.15) is 0 Å². The van der Waals surface area contributed by atoms with Gasteiger partial charge in [-0.3, -0.25) is 4.98 Å². The molecule has 0 amide bonds. The van der Waals surface area contributed by atoms with Crippen LogP contribution in [0.4, 0.5) is 5.69 Å². The molecule has 1 aromatic rings. The molecule has 1 aliphatic rings. The van der Waals surface area contributed by atoms with Crippen LogP contribution in [0, 0.1) is 0 Å². The Labute approximate surface area is 83.8 Å². The molecule has 4 heteroatoms. The molecule has 0 bridgehead atoms. The molecule has 2 heterocycles. The molecule has 1 aromatic heterocycles. The van der Waals surface area contributed by atoms with E-state index in [1.807, 2.05) is 0 Å². The second-order valence-corrected chi connectivity index (χ2v) is 3.69. The van der Waals surface area contributed by atoms with Crippen molar-refractivity contribution in [3.05, 3.63) is 18.5 Å². The summed E-state index contributed by atoms with van der Waals surface area (Å²) in [6.07, 6.45) is 3.25. The molecule has 0 unspecified atom stereocenters. The number of nitrogens with zero attached hydrogens (tertiary/aromatic N) is 3. The van der Waals surface area contributed by atoms with Crippen molar-refractivity contribution in [3.63, 3.8) is 0 Å². The van der Waals surface area contributed by atoms with Gasteiger partial charge >= 0.3 is 0 Å². The number of hydrogen-bond acceptors (Lipinski definition) is 4. The number of piperazine rings is 1. The average molecular weight is 193 g/mol. The third kappa shape index (κ3) is 1.96. The van der Waals surface area contributed by atoms with Gasteiger partial charge in [-0.1, -0.05) is 0 Å². The van der Waals surface area contributed by atoms with Gasteiger partial charge in [-0.05, 0) is 7.05 Å². The van der Waals surface area contributed by atoms with E-state index in [-0.39, 0.29) is 5.75 Å². The van der Waals surface area contributed by atoms with Crippen LogP contribution in [0.15, 0.2) is 18.5 Å². The molecule has 0 atom stereocenters. The zero-order valence-electron chi connectivity index (χ0n) is 8.35. The SMILES string of the molecule is CN1CCN(c2cncc(O)c2)CC1. The standard InChI is InChI=1S/C10H15N3O/c1-12-2-4-13(5-3-12)9-6-10(14)8-11-7-9/h6-8,14H,2-5H2,1H3. The van der Waals surface area contributed by atoms with Crippen molar-refractivity contribution in [1.82, 2.24) is 9.88 Å². The Morgan fingerprint density at radius 1 is 1.21 bits per heavy atom. The first-order chi connectivity index (χ1) is 6.75. The highest BCUT2D eigenvalue weighted by molar-refractivity contribution is 5.48. The first kappa shape index (κ1) is 9.27. The highest BCUT2D eigenvalue weighted by Crippen LogP contribution is 2.19. The van der Waals surface area contributed by atoms with Gasteiger partial charge in [0.2, 0.25) is 0 Å². The zero-order chi connectivity index (χ0) is 9.97. The van der Waals surface area contributed by atoms with Gasteiger partial charge < -0.3 is 14.9 Å². The molecule has 1 N–H and O–H groups in total. The van der Waals surface area contributed by atoms with E-state index in [1.165, 1.54) is 6.20 Å². The van der Waals surface area contributed by atoms with Crippen molar-refractivity contribution in [3.8, 4) is 5.75 Å². The number of pyridine rings is 1. The van der Waals surface area contributed by atoms with E-state index in [0.717, 1.165) is 31.9 Å². The largest absolute Gasteiger partial charge is 0.506 e. The second-order valence-electron chi connectivity index (χ2n) is 3.69. The number of anilines is 1. The Kier molecular flexibility index (Phi) is 2.54. The molecule has 76 valence electrons. The summed E-state index contributed by atoms with van der Waals surface area (Å²) in [6.45, 7) is 4.13.